The third kappa shape index (κ3) is 3.93. The molecule has 0 atom stereocenters. The molecule has 0 aliphatic rings. The minimum atomic E-state index is -0.360. The van der Waals surface area contributed by atoms with E-state index in [9.17, 15) is 9.59 Å². The van der Waals surface area contributed by atoms with Gasteiger partial charge in [0.15, 0.2) is 5.78 Å². The Balaban J connectivity index is 2.64. The van der Waals surface area contributed by atoms with Crippen LogP contribution in [0.2, 0.25) is 0 Å². The van der Waals surface area contributed by atoms with Crippen molar-refractivity contribution in [2.75, 3.05) is 11.6 Å². The lowest BCUT2D eigenvalue weighted by molar-refractivity contribution is -0.115. The molecule has 0 aliphatic heterocycles. The summed E-state index contributed by atoms with van der Waals surface area (Å²) in [5.74, 6) is -0.250. The summed E-state index contributed by atoms with van der Waals surface area (Å²) in [4.78, 5) is 22.6. The zero-order valence-electron chi connectivity index (χ0n) is 7.90. The molecule has 0 unspecified atom stereocenters. The molecule has 0 bridgehead atoms. The first-order valence-corrected chi connectivity index (χ1v) is 5.76. The number of nitrogens with two attached hydrogens (primary N) is 1. The van der Waals surface area contributed by atoms with E-state index in [-0.39, 0.29) is 23.3 Å². The molecule has 0 aliphatic carbocycles. The van der Waals surface area contributed by atoms with Gasteiger partial charge in [0.25, 0.3) is 0 Å². The number of hydrogen-bond acceptors (Lipinski definition) is 3. The molecule has 1 rings (SSSR count). The number of Topliss-reactive ketones (excluding diaryl/α,β-unsaturated/α-hetero) is 1. The highest BCUT2D eigenvalue weighted by Gasteiger charge is 2.04. The average molecular weight is 244 g/mol. The zero-order chi connectivity index (χ0) is 11.3. The van der Waals surface area contributed by atoms with E-state index in [0.29, 0.717) is 5.56 Å². The van der Waals surface area contributed by atoms with E-state index < -0.39 is 0 Å². The molecule has 0 saturated heterocycles. The van der Waals surface area contributed by atoms with Crippen LogP contribution in [-0.2, 0) is 4.79 Å². The normalized spacial score (nSPS) is 9.93. The third-order valence-corrected chi connectivity index (χ3v) is 2.96. The van der Waals surface area contributed by atoms with E-state index in [1.807, 2.05) is 0 Å². The second-order valence-electron chi connectivity index (χ2n) is 2.84. The van der Waals surface area contributed by atoms with E-state index in [4.69, 9.17) is 17.3 Å². The van der Waals surface area contributed by atoms with Crippen LogP contribution in [0.5, 0.6) is 0 Å². The summed E-state index contributed by atoms with van der Waals surface area (Å²) in [5.41, 5.74) is 5.59. The van der Waals surface area contributed by atoms with Gasteiger partial charge in [0.05, 0.1) is 11.6 Å². The van der Waals surface area contributed by atoms with Gasteiger partial charge in [-0.05, 0) is 12.1 Å². The number of rotatable bonds is 5. The van der Waals surface area contributed by atoms with Gasteiger partial charge in [-0.3, -0.25) is 9.59 Å². The molecule has 1 aromatic carbocycles. The van der Waals surface area contributed by atoms with Crippen LogP contribution in [0.3, 0.4) is 0 Å². The van der Waals surface area contributed by atoms with Crippen LogP contribution >= 0.6 is 23.4 Å². The van der Waals surface area contributed by atoms with Crippen molar-refractivity contribution in [2.45, 2.75) is 4.90 Å². The Labute approximate surface area is 97.0 Å². The fourth-order valence-electron chi connectivity index (χ4n) is 0.969. The average Bonchev–Trinajstić information content (AvgIpc) is 2.26. The number of thioether (sulfide) groups is 1. The molecule has 0 radical (unpaired) electrons. The van der Waals surface area contributed by atoms with E-state index in [0.717, 1.165) is 4.90 Å². The number of primary amides is 1. The standard InChI is InChI=1S/C10H10ClNO2S/c11-5-9(13)7-1-3-8(4-2-7)15-6-10(12)14/h1-4H,5-6H2,(H2,12,14). The van der Waals surface area contributed by atoms with Crippen molar-refractivity contribution in [3.8, 4) is 0 Å². The lowest BCUT2D eigenvalue weighted by atomic mass is 10.1. The molecule has 80 valence electrons. The van der Waals surface area contributed by atoms with Crippen molar-refractivity contribution in [3.63, 3.8) is 0 Å². The summed E-state index contributed by atoms with van der Waals surface area (Å²) < 4.78 is 0. The highest BCUT2D eigenvalue weighted by Crippen LogP contribution is 2.18. The maximum atomic E-state index is 11.2. The molecule has 0 aromatic heterocycles. The minimum Gasteiger partial charge on any atom is -0.369 e. The predicted molar refractivity (Wildman–Crippen MR) is 61.4 cm³/mol. The van der Waals surface area contributed by atoms with Crippen LogP contribution in [0.15, 0.2) is 29.2 Å². The van der Waals surface area contributed by atoms with Crippen molar-refractivity contribution < 1.29 is 9.59 Å². The van der Waals surface area contributed by atoms with E-state index in [1.54, 1.807) is 24.3 Å². The predicted octanol–water partition coefficient (Wildman–Crippen LogP) is 1.69. The first-order chi connectivity index (χ1) is 7.13. The molecule has 1 amide bonds. The molecular formula is C10H10ClNO2S. The number of alkyl halides is 1. The van der Waals surface area contributed by atoms with Crippen LogP contribution in [0, 0.1) is 0 Å². The summed E-state index contributed by atoms with van der Waals surface area (Å²) in [5, 5.41) is 0. The monoisotopic (exact) mass is 243 g/mol. The number of benzene rings is 1. The molecule has 1 aromatic rings. The van der Waals surface area contributed by atoms with Gasteiger partial charge in [0.1, 0.15) is 0 Å². The molecule has 2 N–H and O–H groups in total. The van der Waals surface area contributed by atoms with Gasteiger partial charge in [-0.25, -0.2) is 0 Å². The Morgan fingerprint density at radius 1 is 1.27 bits per heavy atom. The highest BCUT2D eigenvalue weighted by molar-refractivity contribution is 8.00. The topological polar surface area (TPSA) is 60.2 Å². The van der Waals surface area contributed by atoms with Gasteiger partial charge in [-0.1, -0.05) is 12.1 Å². The van der Waals surface area contributed by atoms with Crippen molar-refractivity contribution in [1.82, 2.24) is 0 Å². The van der Waals surface area contributed by atoms with Gasteiger partial charge in [-0.15, -0.1) is 23.4 Å². The SMILES string of the molecule is NC(=O)CSc1ccc(C(=O)CCl)cc1. The smallest absolute Gasteiger partial charge is 0.227 e. The number of carbonyl (C=O) groups is 2. The molecule has 3 nitrogen and oxygen atoms in total. The Hall–Kier alpha value is -1.00. The van der Waals surface area contributed by atoms with Gasteiger partial charge in [0.2, 0.25) is 5.91 Å². The molecule has 0 heterocycles. The lowest BCUT2D eigenvalue weighted by Gasteiger charge is -2.00. The second-order valence-corrected chi connectivity index (χ2v) is 4.15. The molecule has 15 heavy (non-hydrogen) atoms. The maximum absolute atomic E-state index is 11.2. The van der Waals surface area contributed by atoms with Crippen LogP contribution in [0.4, 0.5) is 0 Å². The number of amides is 1. The van der Waals surface area contributed by atoms with Crippen LogP contribution in [0.1, 0.15) is 10.4 Å². The van der Waals surface area contributed by atoms with Gasteiger partial charge in [0, 0.05) is 10.5 Å². The Bertz CT molecular complexity index is 364. The fraction of sp³-hybridized carbons (Fsp3) is 0.200. The van der Waals surface area contributed by atoms with Crippen LogP contribution in [0.25, 0.3) is 0 Å². The van der Waals surface area contributed by atoms with Crippen LogP contribution < -0.4 is 5.73 Å². The van der Waals surface area contributed by atoms with Gasteiger partial charge in [-0.2, -0.15) is 0 Å². The van der Waals surface area contributed by atoms with Crippen molar-refractivity contribution in [2.24, 2.45) is 5.73 Å². The highest BCUT2D eigenvalue weighted by atomic mass is 35.5. The molecule has 5 heteroatoms. The van der Waals surface area contributed by atoms with Crippen molar-refractivity contribution in [1.29, 1.82) is 0 Å². The number of carbonyl (C=O) groups excluding carboxylic acids is 2. The summed E-state index contributed by atoms with van der Waals surface area (Å²) in [6, 6.07) is 6.92. The Kier molecular flexibility index (Phi) is 4.65. The molecule has 0 fully saturated rings. The second kappa shape index (κ2) is 5.78. The quantitative estimate of drug-likeness (QED) is 0.486. The third-order valence-electron chi connectivity index (χ3n) is 1.68. The first kappa shape index (κ1) is 12.1. The number of hydrogen-bond donors (Lipinski definition) is 1. The van der Waals surface area contributed by atoms with Gasteiger partial charge >= 0.3 is 0 Å². The Morgan fingerprint density at radius 2 is 1.87 bits per heavy atom. The summed E-state index contributed by atoms with van der Waals surface area (Å²) in [6.45, 7) is 0. The Morgan fingerprint density at radius 3 is 2.33 bits per heavy atom. The largest absolute Gasteiger partial charge is 0.369 e. The van der Waals surface area contributed by atoms with Crippen LogP contribution in [-0.4, -0.2) is 23.3 Å². The molecule has 0 spiro atoms. The number of ketones is 1. The van der Waals surface area contributed by atoms with Crippen molar-refractivity contribution in [3.05, 3.63) is 29.8 Å². The molecular weight excluding hydrogens is 234 g/mol. The van der Waals surface area contributed by atoms with Crippen molar-refractivity contribution >= 4 is 35.1 Å². The van der Waals surface area contributed by atoms with Gasteiger partial charge < -0.3 is 5.73 Å². The first-order valence-electron chi connectivity index (χ1n) is 4.24. The van der Waals surface area contributed by atoms with E-state index >= 15 is 0 Å². The fourth-order valence-corrected chi connectivity index (χ4v) is 1.76. The lowest BCUT2D eigenvalue weighted by Crippen LogP contribution is -2.12. The van der Waals surface area contributed by atoms with E-state index in [1.165, 1.54) is 11.8 Å². The molecule has 0 saturated carbocycles. The maximum Gasteiger partial charge on any atom is 0.227 e. The summed E-state index contributed by atoms with van der Waals surface area (Å²) in [7, 11) is 0. The minimum absolute atomic E-state index is 0.0201. The summed E-state index contributed by atoms with van der Waals surface area (Å²) >= 11 is 6.75. The zero-order valence-corrected chi connectivity index (χ0v) is 9.48. The number of halogens is 1. The van der Waals surface area contributed by atoms with E-state index in [2.05, 4.69) is 0 Å². The summed E-state index contributed by atoms with van der Waals surface area (Å²) in [6.07, 6.45) is 0.